The molecular formula is C16H14BrClN2. The van der Waals surface area contributed by atoms with Gasteiger partial charge >= 0.3 is 0 Å². The highest BCUT2D eigenvalue weighted by Crippen LogP contribution is 2.31. The number of nitrogens with one attached hydrogen (secondary N) is 1. The van der Waals surface area contributed by atoms with Gasteiger partial charge in [0.2, 0.25) is 0 Å². The Labute approximate surface area is 132 Å². The topological polar surface area (TPSA) is 35.8 Å². The Morgan fingerprint density at radius 1 is 1.25 bits per heavy atom. The van der Waals surface area contributed by atoms with Crippen LogP contribution in [0.5, 0.6) is 0 Å². The van der Waals surface area contributed by atoms with E-state index < -0.39 is 0 Å². The lowest BCUT2D eigenvalue weighted by Crippen LogP contribution is -2.07. The SMILES string of the molecule is Cc1cc(Br)c(NC(C)c2ccc(C#N)cc2)cc1Cl. The number of nitrogens with zero attached hydrogens (tertiary/aromatic N) is 1. The summed E-state index contributed by atoms with van der Waals surface area (Å²) in [6, 6.07) is 13.7. The zero-order chi connectivity index (χ0) is 14.7. The quantitative estimate of drug-likeness (QED) is 0.799. The highest BCUT2D eigenvalue weighted by atomic mass is 79.9. The summed E-state index contributed by atoms with van der Waals surface area (Å²) in [5.41, 5.74) is 3.78. The van der Waals surface area contributed by atoms with Gasteiger partial charge in [-0.05, 0) is 65.2 Å². The molecule has 0 amide bonds. The van der Waals surface area contributed by atoms with E-state index in [9.17, 15) is 0 Å². The van der Waals surface area contributed by atoms with Gasteiger partial charge in [-0.3, -0.25) is 0 Å². The van der Waals surface area contributed by atoms with Crippen molar-refractivity contribution in [3.05, 3.63) is 62.6 Å². The van der Waals surface area contributed by atoms with Crippen LogP contribution in [0, 0.1) is 18.3 Å². The number of halogens is 2. The van der Waals surface area contributed by atoms with Crippen molar-refractivity contribution in [2.45, 2.75) is 19.9 Å². The molecule has 0 aliphatic heterocycles. The molecule has 0 aliphatic carbocycles. The van der Waals surface area contributed by atoms with Crippen molar-refractivity contribution in [2.24, 2.45) is 0 Å². The van der Waals surface area contributed by atoms with E-state index in [4.69, 9.17) is 16.9 Å². The third-order valence-corrected chi connectivity index (χ3v) is 4.22. The largest absolute Gasteiger partial charge is 0.378 e. The standard InChI is InChI=1S/C16H14BrClN2/c1-10-7-14(17)16(8-15(10)18)20-11(2)13-5-3-12(9-19)4-6-13/h3-8,11,20H,1-2H3. The molecule has 2 aromatic rings. The molecule has 4 heteroatoms. The molecule has 1 N–H and O–H groups in total. The lowest BCUT2D eigenvalue weighted by Gasteiger charge is -2.18. The minimum Gasteiger partial charge on any atom is -0.378 e. The molecule has 20 heavy (non-hydrogen) atoms. The number of rotatable bonds is 3. The van der Waals surface area contributed by atoms with E-state index in [1.165, 1.54) is 0 Å². The number of benzene rings is 2. The molecule has 0 bridgehead atoms. The molecule has 1 atom stereocenters. The summed E-state index contributed by atoms with van der Waals surface area (Å²) >= 11 is 9.70. The molecule has 0 radical (unpaired) electrons. The fourth-order valence-corrected chi connectivity index (χ4v) is 2.66. The third kappa shape index (κ3) is 3.33. The minimum atomic E-state index is 0.123. The van der Waals surface area contributed by atoms with E-state index in [2.05, 4.69) is 34.2 Å². The lowest BCUT2D eigenvalue weighted by molar-refractivity contribution is 0.883. The van der Waals surface area contributed by atoms with Crippen molar-refractivity contribution in [3.8, 4) is 6.07 Å². The summed E-state index contributed by atoms with van der Waals surface area (Å²) in [7, 11) is 0. The van der Waals surface area contributed by atoms with Gasteiger partial charge in [-0.2, -0.15) is 5.26 Å². The van der Waals surface area contributed by atoms with Crippen LogP contribution >= 0.6 is 27.5 Å². The Bertz CT molecular complexity index is 659. The van der Waals surface area contributed by atoms with Crippen molar-refractivity contribution in [3.63, 3.8) is 0 Å². The van der Waals surface area contributed by atoms with Crippen LogP contribution in [0.1, 0.15) is 29.7 Å². The predicted octanol–water partition coefficient (Wildman–Crippen LogP) is 5.46. The lowest BCUT2D eigenvalue weighted by atomic mass is 10.1. The van der Waals surface area contributed by atoms with Crippen LogP contribution in [0.25, 0.3) is 0 Å². The van der Waals surface area contributed by atoms with Crippen LogP contribution in [0.2, 0.25) is 5.02 Å². The van der Waals surface area contributed by atoms with Gasteiger partial charge in [0.15, 0.2) is 0 Å². The van der Waals surface area contributed by atoms with Gasteiger partial charge in [0.05, 0.1) is 17.3 Å². The molecule has 2 rings (SSSR count). The van der Waals surface area contributed by atoms with Crippen molar-refractivity contribution >= 4 is 33.2 Å². The Hall–Kier alpha value is -1.50. The van der Waals surface area contributed by atoms with E-state index in [0.717, 1.165) is 26.3 Å². The predicted molar refractivity (Wildman–Crippen MR) is 87.1 cm³/mol. The van der Waals surface area contributed by atoms with Gasteiger partial charge in [0.1, 0.15) is 0 Å². The number of aryl methyl sites for hydroxylation is 1. The fourth-order valence-electron chi connectivity index (χ4n) is 1.92. The Balaban J connectivity index is 2.21. The number of hydrogen-bond donors (Lipinski definition) is 1. The number of nitriles is 1. The first-order valence-electron chi connectivity index (χ1n) is 6.23. The Kier molecular flexibility index (Phi) is 4.69. The molecule has 0 saturated carbocycles. The molecule has 0 saturated heterocycles. The van der Waals surface area contributed by atoms with E-state index >= 15 is 0 Å². The molecule has 2 aromatic carbocycles. The highest BCUT2D eigenvalue weighted by molar-refractivity contribution is 9.10. The first-order chi connectivity index (χ1) is 9.51. The van der Waals surface area contributed by atoms with Crippen LogP contribution in [0.3, 0.4) is 0 Å². The Morgan fingerprint density at radius 2 is 1.90 bits per heavy atom. The maximum absolute atomic E-state index is 8.81. The maximum Gasteiger partial charge on any atom is 0.0991 e. The second-order valence-corrected chi connectivity index (χ2v) is 5.94. The minimum absolute atomic E-state index is 0.123. The summed E-state index contributed by atoms with van der Waals surface area (Å²) in [6.07, 6.45) is 0. The van der Waals surface area contributed by atoms with Crippen LogP contribution in [-0.4, -0.2) is 0 Å². The zero-order valence-electron chi connectivity index (χ0n) is 11.2. The molecule has 0 aromatic heterocycles. The van der Waals surface area contributed by atoms with Crippen molar-refractivity contribution in [2.75, 3.05) is 5.32 Å². The summed E-state index contributed by atoms with van der Waals surface area (Å²) in [5.74, 6) is 0. The molecule has 102 valence electrons. The van der Waals surface area contributed by atoms with Gasteiger partial charge < -0.3 is 5.32 Å². The summed E-state index contributed by atoms with van der Waals surface area (Å²) < 4.78 is 0.986. The van der Waals surface area contributed by atoms with Crippen molar-refractivity contribution < 1.29 is 0 Å². The smallest absolute Gasteiger partial charge is 0.0991 e. The summed E-state index contributed by atoms with van der Waals surface area (Å²) in [6.45, 7) is 4.04. The molecule has 0 fully saturated rings. The van der Waals surface area contributed by atoms with Crippen LogP contribution in [0.15, 0.2) is 40.9 Å². The first-order valence-corrected chi connectivity index (χ1v) is 7.40. The van der Waals surface area contributed by atoms with E-state index in [-0.39, 0.29) is 6.04 Å². The van der Waals surface area contributed by atoms with Crippen LogP contribution < -0.4 is 5.32 Å². The van der Waals surface area contributed by atoms with Crippen molar-refractivity contribution in [1.82, 2.24) is 0 Å². The normalized spacial score (nSPS) is 11.8. The van der Waals surface area contributed by atoms with E-state index in [1.54, 1.807) is 0 Å². The van der Waals surface area contributed by atoms with Crippen molar-refractivity contribution in [1.29, 1.82) is 5.26 Å². The number of anilines is 1. The number of hydrogen-bond acceptors (Lipinski definition) is 2. The van der Waals surface area contributed by atoms with E-state index in [0.29, 0.717) is 5.56 Å². The van der Waals surface area contributed by atoms with Gasteiger partial charge in [-0.1, -0.05) is 23.7 Å². The average molecular weight is 350 g/mol. The van der Waals surface area contributed by atoms with Crippen LogP contribution in [-0.2, 0) is 0 Å². The third-order valence-electron chi connectivity index (χ3n) is 3.16. The van der Waals surface area contributed by atoms with Gasteiger partial charge in [0, 0.05) is 15.5 Å². The molecule has 2 nitrogen and oxygen atoms in total. The van der Waals surface area contributed by atoms with E-state index in [1.807, 2.05) is 43.3 Å². The molecule has 1 unspecified atom stereocenters. The monoisotopic (exact) mass is 348 g/mol. The summed E-state index contributed by atoms with van der Waals surface area (Å²) in [4.78, 5) is 0. The molecule has 0 heterocycles. The van der Waals surface area contributed by atoms with Gasteiger partial charge in [-0.25, -0.2) is 0 Å². The summed E-state index contributed by atoms with van der Waals surface area (Å²) in [5, 5.41) is 13.0. The average Bonchev–Trinajstić information content (AvgIpc) is 2.44. The Morgan fingerprint density at radius 3 is 2.50 bits per heavy atom. The van der Waals surface area contributed by atoms with Gasteiger partial charge in [-0.15, -0.1) is 0 Å². The van der Waals surface area contributed by atoms with Crippen LogP contribution in [0.4, 0.5) is 5.69 Å². The zero-order valence-corrected chi connectivity index (χ0v) is 13.6. The first kappa shape index (κ1) is 14.9. The molecule has 0 aliphatic rings. The molecule has 0 spiro atoms. The highest BCUT2D eigenvalue weighted by Gasteiger charge is 2.09. The maximum atomic E-state index is 8.81. The second-order valence-electron chi connectivity index (χ2n) is 4.68. The molecular weight excluding hydrogens is 336 g/mol. The van der Waals surface area contributed by atoms with Gasteiger partial charge in [0.25, 0.3) is 0 Å². The second kappa shape index (κ2) is 6.30. The fraction of sp³-hybridized carbons (Fsp3) is 0.188.